The predicted molar refractivity (Wildman–Crippen MR) is 82.6 cm³/mol. The van der Waals surface area contributed by atoms with Crippen molar-refractivity contribution >= 4 is 28.7 Å². The van der Waals surface area contributed by atoms with Crippen LogP contribution in [0, 0.1) is 6.92 Å². The molecule has 0 saturated heterocycles. The van der Waals surface area contributed by atoms with Gasteiger partial charge in [-0.25, -0.2) is 9.97 Å². The van der Waals surface area contributed by atoms with E-state index < -0.39 is 0 Å². The molecule has 0 saturated carbocycles. The number of aromatic nitrogens is 3. The topological polar surface area (TPSA) is 57.0 Å². The second-order valence-corrected chi connectivity index (χ2v) is 5.21. The molecule has 2 heterocycles. The first-order valence-electron chi connectivity index (χ1n) is 7.19. The lowest BCUT2D eigenvalue weighted by Crippen LogP contribution is -2.09. The summed E-state index contributed by atoms with van der Waals surface area (Å²) in [5.41, 5.74) is 2.87. The Morgan fingerprint density at radius 2 is 2.29 bits per heavy atom. The number of aryl methyl sites for hydroxylation is 3. The standard InChI is InChI=1S/C15H20ClN3O2/c1-3-21-13(20)5-4-10-19-12(6-8-16)18-14-11(2)7-9-17-15(14)19/h7,9H,3-6,8,10H2,1-2H3. The van der Waals surface area contributed by atoms with Gasteiger partial charge in [0.1, 0.15) is 11.3 Å². The molecule has 0 unspecified atom stereocenters. The molecule has 0 radical (unpaired) electrons. The van der Waals surface area contributed by atoms with Crippen molar-refractivity contribution in [2.45, 2.75) is 39.7 Å². The van der Waals surface area contributed by atoms with E-state index in [0.717, 1.165) is 22.6 Å². The summed E-state index contributed by atoms with van der Waals surface area (Å²) in [6.07, 6.45) is 3.58. The minimum atomic E-state index is -0.162. The van der Waals surface area contributed by atoms with E-state index >= 15 is 0 Å². The lowest BCUT2D eigenvalue weighted by atomic mass is 10.2. The summed E-state index contributed by atoms with van der Waals surface area (Å²) in [5.74, 6) is 1.27. The van der Waals surface area contributed by atoms with Crippen molar-refractivity contribution in [3.8, 4) is 0 Å². The largest absolute Gasteiger partial charge is 0.466 e. The van der Waals surface area contributed by atoms with Gasteiger partial charge in [-0.3, -0.25) is 4.79 Å². The fourth-order valence-corrected chi connectivity index (χ4v) is 2.48. The molecule has 6 heteroatoms. The fourth-order valence-electron chi connectivity index (χ4n) is 2.31. The van der Waals surface area contributed by atoms with Crippen molar-refractivity contribution in [1.82, 2.24) is 14.5 Å². The van der Waals surface area contributed by atoms with Crippen molar-refractivity contribution in [3.63, 3.8) is 0 Å². The van der Waals surface area contributed by atoms with Gasteiger partial charge in [0.05, 0.1) is 6.61 Å². The molecule has 0 fully saturated rings. The van der Waals surface area contributed by atoms with Gasteiger partial charge in [0, 0.05) is 31.5 Å². The number of nitrogens with zero attached hydrogens (tertiary/aromatic N) is 3. The Bertz CT molecular complexity index is 625. The van der Waals surface area contributed by atoms with Crippen LogP contribution in [-0.2, 0) is 22.5 Å². The van der Waals surface area contributed by atoms with E-state index in [1.165, 1.54) is 0 Å². The number of carbonyl (C=O) groups excluding carboxylic acids is 1. The van der Waals surface area contributed by atoms with Crippen LogP contribution < -0.4 is 0 Å². The van der Waals surface area contributed by atoms with Gasteiger partial charge in [0.25, 0.3) is 0 Å². The molecule has 2 rings (SSSR count). The summed E-state index contributed by atoms with van der Waals surface area (Å²) < 4.78 is 7.00. The first-order chi connectivity index (χ1) is 10.2. The van der Waals surface area contributed by atoms with Crippen LogP contribution in [0.25, 0.3) is 11.2 Å². The maximum atomic E-state index is 11.4. The SMILES string of the molecule is CCOC(=O)CCCn1c(CCCl)nc2c(C)ccnc21. The lowest BCUT2D eigenvalue weighted by Gasteiger charge is -2.07. The molecule has 0 bridgehead atoms. The van der Waals surface area contributed by atoms with E-state index in [1.54, 1.807) is 6.20 Å². The van der Waals surface area contributed by atoms with Crippen LogP contribution in [0.4, 0.5) is 0 Å². The summed E-state index contributed by atoms with van der Waals surface area (Å²) in [5, 5.41) is 0. The van der Waals surface area contributed by atoms with Gasteiger partial charge in [-0.1, -0.05) is 0 Å². The van der Waals surface area contributed by atoms with E-state index in [1.807, 2.05) is 19.9 Å². The molecular formula is C15H20ClN3O2. The number of esters is 1. The van der Waals surface area contributed by atoms with Crippen LogP contribution >= 0.6 is 11.6 Å². The molecule has 2 aromatic rings. The highest BCUT2D eigenvalue weighted by molar-refractivity contribution is 6.17. The molecule has 0 atom stereocenters. The van der Waals surface area contributed by atoms with Crippen LogP contribution in [0.15, 0.2) is 12.3 Å². The van der Waals surface area contributed by atoms with E-state index in [9.17, 15) is 4.79 Å². The minimum Gasteiger partial charge on any atom is -0.466 e. The second kappa shape index (κ2) is 7.41. The summed E-state index contributed by atoms with van der Waals surface area (Å²) in [4.78, 5) is 20.5. The Kier molecular flexibility index (Phi) is 5.56. The number of imidazole rings is 1. The van der Waals surface area contributed by atoms with Crippen molar-refractivity contribution < 1.29 is 9.53 Å². The highest BCUT2D eigenvalue weighted by Gasteiger charge is 2.13. The average molecular weight is 310 g/mol. The quantitative estimate of drug-likeness (QED) is 0.583. The average Bonchev–Trinajstić information content (AvgIpc) is 2.80. The molecule has 0 spiro atoms. The van der Waals surface area contributed by atoms with Gasteiger partial charge >= 0.3 is 5.97 Å². The van der Waals surface area contributed by atoms with Gasteiger partial charge in [0.2, 0.25) is 0 Å². The molecule has 0 aliphatic heterocycles. The Balaban J connectivity index is 2.18. The first kappa shape index (κ1) is 15.8. The zero-order valence-corrected chi connectivity index (χ0v) is 13.2. The molecule has 21 heavy (non-hydrogen) atoms. The second-order valence-electron chi connectivity index (χ2n) is 4.83. The van der Waals surface area contributed by atoms with Crippen molar-refractivity contribution in [2.75, 3.05) is 12.5 Å². The normalized spacial score (nSPS) is 11.0. The molecule has 114 valence electrons. The van der Waals surface area contributed by atoms with E-state index in [2.05, 4.69) is 14.5 Å². The zero-order valence-electron chi connectivity index (χ0n) is 12.4. The molecule has 5 nitrogen and oxygen atoms in total. The Labute approximate surface area is 129 Å². The number of alkyl halides is 1. The molecule has 0 N–H and O–H groups in total. The minimum absolute atomic E-state index is 0.162. The number of carbonyl (C=O) groups is 1. The Hall–Kier alpha value is -1.62. The summed E-state index contributed by atoms with van der Waals surface area (Å²) in [7, 11) is 0. The van der Waals surface area contributed by atoms with E-state index in [0.29, 0.717) is 38.3 Å². The van der Waals surface area contributed by atoms with E-state index in [4.69, 9.17) is 16.3 Å². The third-order valence-corrected chi connectivity index (χ3v) is 3.49. The third kappa shape index (κ3) is 3.73. The Morgan fingerprint density at radius 1 is 1.48 bits per heavy atom. The van der Waals surface area contributed by atoms with Crippen LogP contribution in [0.2, 0.25) is 0 Å². The first-order valence-corrected chi connectivity index (χ1v) is 7.73. The Morgan fingerprint density at radius 3 is 3.00 bits per heavy atom. The molecule has 2 aromatic heterocycles. The van der Waals surface area contributed by atoms with Crippen LogP contribution in [0.5, 0.6) is 0 Å². The highest BCUT2D eigenvalue weighted by atomic mass is 35.5. The molecule has 0 amide bonds. The number of hydrogen-bond acceptors (Lipinski definition) is 4. The number of pyridine rings is 1. The highest BCUT2D eigenvalue weighted by Crippen LogP contribution is 2.19. The van der Waals surface area contributed by atoms with Gasteiger partial charge in [-0.2, -0.15) is 0 Å². The number of halogens is 1. The lowest BCUT2D eigenvalue weighted by molar-refractivity contribution is -0.143. The summed E-state index contributed by atoms with van der Waals surface area (Å²) >= 11 is 5.85. The maximum Gasteiger partial charge on any atom is 0.305 e. The van der Waals surface area contributed by atoms with Crippen molar-refractivity contribution in [2.24, 2.45) is 0 Å². The van der Waals surface area contributed by atoms with Crippen LogP contribution in [0.3, 0.4) is 0 Å². The van der Waals surface area contributed by atoms with Gasteiger partial charge in [-0.05, 0) is 31.9 Å². The summed E-state index contributed by atoms with van der Waals surface area (Å²) in [6.45, 7) is 4.94. The maximum absolute atomic E-state index is 11.4. The van der Waals surface area contributed by atoms with Crippen molar-refractivity contribution in [3.05, 3.63) is 23.7 Å². The predicted octanol–water partition coefficient (Wildman–Crippen LogP) is 2.86. The van der Waals surface area contributed by atoms with Crippen molar-refractivity contribution in [1.29, 1.82) is 0 Å². The number of fused-ring (bicyclic) bond motifs is 1. The fraction of sp³-hybridized carbons (Fsp3) is 0.533. The van der Waals surface area contributed by atoms with Crippen LogP contribution in [-0.4, -0.2) is 33.0 Å². The van der Waals surface area contributed by atoms with Gasteiger partial charge in [0.15, 0.2) is 5.65 Å². The van der Waals surface area contributed by atoms with Crippen LogP contribution in [0.1, 0.15) is 31.2 Å². The molecular weight excluding hydrogens is 290 g/mol. The van der Waals surface area contributed by atoms with E-state index in [-0.39, 0.29) is 5.97 Å². The zero-order chi connectivity index (χ0) is 15.2. The number of rotatable bonds is 7. The monoisotopic (exact) mass is 309 g/mol. The number of ether oxygens (including phenoxy) is 1. The molecule has 0 aromatic carbocycles. The third-order valence-electron chi connectivity index (χ3n) is 3.30. The molecule has 0 aliphatic rings. The molecule has 0 aliphatic carbocycles. The van der Waals surface area contributed by atoms with Gasteiger partial charge in [-0.15, -0.1) is 11.6 Å². The van der Waals surface area contributed by atoms with Gasteiger partial charge < -0.3 is 9.30 Å². The number of hydrogen-bond donors (Lipinski definition) is 0. The smallest absolute Gasteiger partial charge is 0.305 e. The summed E-state index contributed by atoms with van der Waals surface area (Å²) in [6, 6.07) is 1.95.